The fourth-order valence-corrected chi connectivity index (χ4v) is 2.51. The Bertz CT molecular complexity index is 367. The molecule has 0 saturated carbocycles. The summed E-state index contributed by atoms with van der Waals surface area (Å²) in [6.07, 6.45) is 0.860. The average molecular weight is 238 g/mol. The summed E-state index contributed by atoms with van der Waals surface area (Å²) in [5, 5.41) is 17.5. The second-order valence-electron chi connectivity index (χ2n) is 3.62. The van der Waals surface area contributed by atoms with Crippen LogP contribution in [0.2, 0.25) is 0 Å². The monoisotopic (exact) mass is 238 g/mol. The number of rotatable bonds is 6. The van der Waals surface area contributed by atoms with E-state index in [0.717, 1.165) is 29.4 Å². The number of nitrogens with zero attached hydrogens (tertiary/aromatic N) is 3. The van der Waals surface area contributed by atoms with Gasteiger partial charge in [-0.3, -0.25) is 4.68 Å². The van der Waals surface area contributed by atoms with Crippen LogP contribution in [0.15, 0.2) is 11.1 Å². The molecule has 0 aliphatic heterocycles. The zero-order chi connectivity index (χ0) is 12.0. The third-order valence-corrected chi connectivity index (χ3v) is 3.34. The van der Waals surface area contributed by atoms with Crippen molar-refractivity contribution in [1.29, 1.82) is 5.26 Å². The highest BCUT2D eigenvalue weighted by Gasteiger charge is 2.07. The molecule has 0 fully saturated rings. The van der Waals surface area contributed by atoms with Crippen molar-refractivity contribution in [3.8, 4) is 6.07 Å². The maximum absolute atomic E-state index is 8.87. The molecule has 0 saturated heterocycles. The Morgan fingerprint density at radius 3 is 2.94 bits per heavy atom. The molecule has 16 heavy (non-hydrogen) atoms. The van der Waals surface area contributed by atoms with Gasteiger partial charge in [-0.15, -0.1) is 11.8 Å². The molecule has 0 aliphatic carbocycles. The lowest BCUT2D eigenvalue weighted by atomic mass is 10.2. The number of nitriles is 1. The molecule has 1 heterocycles. The van der Waals surface area contributed by atoms with E-state index in [2.05, 4.69) is 22.6 Å². The van der Waals surface area contributed by atoms with Crippen LogP contribution in [0.5, 0.6) is 0 Å². The first-order valence-electron chi connectivity index (χ1n) is 5.43. The van der Waals surface area contributed by atoms with Crippen molar-refractivity contribution in [2.75, 3.05) is 12.3 Å². The third kappa shape index (κ3) is 3.87. The molecule has 1 unspecified atom stereocenters. The van der Waals surface area contributed by atoms with Crippen LogP contribution in [0.3, 0.4) is 0 Å². The molecule has 0 radical (unpaired) electrons. The lowest BCUT2D eigenvalue weighted by molar-refractivity contribution is 0.612. The summed E-state index contributed by atoms with van der Waals surface area (Å²) in [6, 6.07) is 4.30. The molecule has 1 aromatic heterocycles. The maximum atomic E-state index is 8.87. The van der Waals surface area contributed by atoms with E-state index in [1.54, 1.807) is 11.8 Å². The topological polar surface area (TPSA) is 53.6 Å². The molecular formula is C11H18N4S. The van der Waals surface area contributed by atoms with Gasteiger partial charge in [-0.1, -0.05) is 6.92 Å². The molecule has 0 aromatic carbocycles. The fourth-order valence-electron chi connectivity index (χ4n) is 1.46. The smallest absolute Gasteiger partial charge is 0.0960 e. The lowest BCUT2D eigenvalue weighted by Gasteiger charge is -2.08. The molecule has 5 heteroatoms. The van der Waals surface area contributed by atoms with Crippen molar-refractivity contribution in [2.24, 2.45) is 7.05 Å². The van der Waals surface area contributed by atoms with E-state index in [1.807, 2.05) is 25.6 Å². The molecule has 0 amide bonds. The van der Waals surface area contributed by atoms with Gasteiger partial charge in [-0.2, -0.15) is 10.4 Å². The van der Waals surface area contributed by atoms with Gasteiger partial charge in [0.2, 0.25) is 0 Å². The van der Waals surface area contributed by atoms with Gasteiger partial charge in [0, 0.05) is 12.8 Å². The van der Waals surface area contributed by atoms with Crippen LogP contribution in [0, 0.1) is 18.3 Å². The Hall–Kier alpha value is -0.990. The van der Waals surface area contributed by atoms with Crippen molar-refractivity contribution in [3.63, 3.8) is 0 Å². The van der Waals surface area contributed by atoms with Crippen LogP contribution in [0.4, 0.5) is 0 Å². The SMILES string of the molecule is CCNC(C#N)CCSc1cc(C)nn1C. The largest absolute Gasteiger partial charge is 0.302 e. The Labute approximate surface area is 101 Å². The first-order chi connectivity index (χ1) is 7.67. The predicted molar refractivity (Wildman–Crippen MR) is 66.4 cm³/mol. The minimum absolute atomic E-state index is 0.0353. The summed E-state index contributed by atoms with van der Waals surface area (Å²) in [5.74, 6) is 0.935. The highest BCUT2D eigenvalue weighted by molar-refractivity contribution is 7.99. The van der Waals surface area contributed by atoms with E-state index in [4.69, 9.17) is 5.26 Å². The van der Waals surface area contributed by atoms with Crippen LogP contribution in [-0.2, 0) is 7.05 Å². The third-order valence-electron chi connectivity index (χ3n) is 2.22. The second kappa shape index (κ2) is 6.56. The predicted octanol–water partition coefficient (Wildman–Crippen LogP) is 1.71. The van der Waals surface area contributed by atoms with Gasteiger partial charge in [0.25, 0.3) is 0 Å². The van der Waals surface area contributed by atoms with Crippen LogP contribution in [0.1, 0.15) is 19.0 Å². The molecule has 1 N–H and O–H groups in total. The van der Waals surface area contributed by atoms with E-state index < -0.39 is 0 Å². The van der Waals surface area contributed by atoms with Crippen molar-refractivity contribution in [2.45, 2.75) is 31.3 Å². The van der Waals surface area contributed by atoms with Gasteiger partial charge in [-0.25, -0.2) is 0 Å². The maximum Gasteiger partial charge on any atom is 0.0960 e. The molecule has 0 aliphatic rings. The van der Waals surface area contributed by atoms with Crippen molar-refractivity contribution in [1.82, 2.24) is 15.1 Å². The van der Waals surface area contributed by atoms with Crippen LogP contribution >= 0.6 is 11.8 Å². The molecular weight excluding hydrogens is 220 g/mol. The normalized spacial score (nSPS) is 12.4. The van der Waals surface area contributed by atoms with Crippen molar-refractivity contribution >= 4 is 11.8 Å². The Balaban J connectivity index is 2.35. The summed E-state index contributed by atoms with van der Waals surface area (Å²) in [4.78, 5) is 0. The van der Waals surface area contributed by atoms with Crippen molar-refractivity contribution in [3.05, 3.63) is 11.8 Å². The Kier molecular flexibility index (Phi) is 5.36. The van der Waals surface area contributed by atoms with E-state index in [0.29, 0.717) is 0 Å². The first-order valence-corrected chi connectivity index (χ1v) is 6.42. The van der Waals surface area contributed by atoms with E-state index in [1.165, 1.54) is 0 Å². The molecule has 4 nitrogen and oxygen atoms in total. The van der Waals surface area contributed by atoms with E-state index in [-0.39, 0.29) is 6.04 Å². The highest BCUT2D eigenvalue weighted by atomic mass is 32.2. The number of hydrogen-bond donors (Lipinski definition) is 1. The van der Waals surface area contributed by atoms with Gasteiger partial charge in [0.1, 0.15) is 0 Å². The molecule has 1 aromatic rings. The van der Waals surface area contributed by atoms with E-state index >= 15 is 0 Å². The van der Waals surface area contributed by atoms with Gasteiger partial charge in [0.15, 0.2) is 0 Å². The quantitative estimate of drug-likeness (QED) is 0.767. The van der Waals surface area contributed by atoms with E-state index in [9.17, 15) is 0 Å². The molecule has 88 valence electrons. The number of hydrogen-bond acceptors (Lipinski definition) is 4. The lowest BCUT2D eigenvalue weighted by Crippen LogP contribution is -2.27. The van der Waals surface area contributed by atoms with Crippen LogP contribution < -0.4 is 5.32 Å². The fraction of sp³-hybridized carbons (Fsp3) is 0.636. The van der Waals surface area contributed by atoms with Gasteiger partial charge in [0.05, 0.1) is 22.8 Å². The summed E-state index contributed by atoms with van der Waals surface area (Å²) in [5.41, 5.74) is 1.04. The Morgan fingerprint density at radius 1 is 1.69 bits per heavy atom. The molecule has 0 spiro atoms. The number of thioether (sulfide) groups is 1. The first kappa shape index (κ1) is 13.1. The zero-order valence-corrected chi connectivity index (χ0v) is 10.8. The molecule has 1 rings (SSSR count). The second-order valence-corrected chi connectivity index (χ2v) is 4.74. The van der Waals surface area contributed by atoms with Crippen molar-refractivity contribution < 1.29 is 0 Å². The zero-order valence-electron chi connectivity index (χ0n) is 10.0. The summed E-state index contributed by atoms with van der Waals surface area (Å²) in [7, 11) is 1.95. The Morgan fingerprint density at radius 2 is 2.44 bits per heavy atom. The summed E-state index contributed by atoms with van der Waals surface area (Å²) in [6.45, 7) is 4.84. The van der Waals surface area contributed by atoms with Gasteiger partial charge >= 0.3 is 0 Å². The number of nitrogens with one attached hydrogen (secondary N) is 1. The average Bonchev–Trinajstić information content (AvgIpc) is 2.56. The molecule has 0 bridgehead atoms. The number of aromatic nitrogens is 2. The molecule has 1 atom stereocenters. The van der Waals surface area contributed by atoms with Crippen LogP contribution in [0.25, 0.3) is 0 Å². The van der Waals surface area contributed by atoms with Crippen LogP contribution in [-0.4, -0.2) is 28.1 Å². The minimum atomic E-state index is -0.0353. The number of aryl methyl sites for hydroxylation is 2. The standard InChI is InChI=1S/C11H18N4S/c1-4-13-10(8-12)5-6-16-11-7-9(2)14-15(11)3/h7,10,13H,4-6H2,1-3H3. The summed E-state index contributed by atoms with van der Waals surface area (Å²) < 4.78 is 1.88. The highest BCUT2D eigenvalue weighted by Crippen LogP contribution is 2.19. The van der Waals surface area contributed by atoms with Gasteiger partial charge < -0.3 is 5.32 Å². The minimum Gasteiger partial charge on any atom is -0.302 e. The van der Waals surface area contributed by atoms with Gasteiger partial charge in [-0.05, 0) is 26.0 Å². The summed E-state index contributed by atoms with van der Waals surface area (Å²) >= 11 is 1.75.